The summed E-state index contributed by atoms with van der Waals surface area (Å²) >= 11 is 0. The van der Waals surface area contributed by atoms with Crippen molar-refractivity contribution in [3.05, 3.63) is 0 Å². The monoisotopic (exact) mass is 231 g/mol. The van der Waals surface area contributed by atoms with Crippen molar-refractivity contribution in [2.45, 2.75) is 37.9 Å². The molecule has 0 heterocycles. The minimum atomic E-state index is -4.48. The van der Waals surface area contributed by atoms with E-state index in [9.17, 15) is 21.6 Å². The van der Waals surface area contributed by atoms with Crippen molar-refractivity contribution in [3.63, 3.8) is 0 Å². The van der Waals surface area contributed by atoms with Gasteiger partial charge in [-0.25, -0.2) is 8.42 Å². The van der Waals surface area contributed by atoms with Gasteiger partial charge in [0.1, 0.15) is 5.54 Å². The molecule has 1 aliphatic rings. The lowest BCUT2D eigenvalue weighted by Crippen LogP contribution is -2.48. The Labute approximate surface area is 80.7 Å². The van der Waals surface area contributed by atoms with Crippen LogP contribution in [-0.4, -0.2) is 25.9 Å². The summed E-state index contributed by atoms with van der Waals surface area (Å²) in [5.74, 6) is -0.259. The third-order valence-corrected chi connectivity index (χ3v) is 3.76. The van der Waals surface area contributed by atoms with Crippen LogP contribution in [0.3, 0.4) is 0 Å². The highest BCUT2D eigenvalue weighted by atomic mass is 32.2. The average Bonchev–Trinajstić information content (AvgIpc) is 2.65. The molecule has 0 saturated heterocycles. The second-order valence-corrected chi connectivity index (χ2v) is 5.34. The zero-order valence-corrected chi connectivity index (χ0v) is 8.50. The SMILES string of the molecule is CCCS(=O)(=O)NC1(C(F)(F)F)CC1. The molecular formula is C7H12F3NO2S. The van der Waals surface area contributed by atoms with Gasteiger partial charge in [-0.15, -0.1) is 0 Å². The number of hydrogen-bond donors (Lipinski definition) is 1. The van der Waals surface area contributed by atoms with E-state index >= 15 is 0 Å². The van der Waals surface area contributed by atoms with E-state index in [4.69, 9.17) is 0 Å². The molecule has 0 spiro atoms. The molecule has 0 radical (unpaired) electrons. The molecule has 0 atom stereocenters. The van der Waals surface area contributed by atoms with Gasteiger partial charge < -0.3 is 0 Å². The van der Waals surface area contributed by atoms with Crippen LogP contribution in [0.5, 0.6) is 0 Å². The molecule has 0 amide bonds. The van der Waals surface area contributed by atoms with Gasteiger partial charge >= 0.3 is 6.18 Å². The van der Waals surface area contributed by atoms with Gasteiger partial charge in [0.15, 0.2) is 0 Å². The maximum atomic E-state index is 12.3. The number of sulfonamides is 1. The zero-order valence-electron chi connectivity index (χ0n) is 7.69. The van der Waals surface area contributed by atoms with Gasteiger partial charge in [0.05, 0.1) is 5.75 Å². The maximum absolute atomic E-state index is 12.3. The van der Waals surface area contributed by atoms with Crippen molar-refractivity contribution >= 4 is 10.0 Å². The molecule has 0 bridgehead atoms. The Bertz CT molecular complexity index is 305. The van der Waals surface area contributed by atoms with Gasteiger partial charge in [0, 0.05) is 0 Å². The Kier molecular flexibility index (Phi) is 2.84. The number of hydrogen-bond acceptors (Lipinski definition) is 2. The molecule has 0 unspecified atom stereocenters. The van der Waals surface area contributed by atoms with Crippen LogP contribution in [0.2, 0.25) is 0 Å². The van der Waals surface area contributed by atoms with E-state index in [1.54, 1.807) is 11.6 Å². The van der Waals surface area contributed by atoms with Gasteiger partial charge in [-0.3, -0.25) is 0 Å². The fourth-order valence-electron chi connectivity index (χ4n) is 1.19. The summed E-state index contributed by atoms with van der Waals surface area (Å²) < 4.78 is 61.0. The van der Waals surface area contributed by atoms with Crippen molar-refractivity contribution in [2.75, 3.05) is 5.75 Å². The molecule has 1 rings (SSSR count). The van der Waals surface area contributed by atoms with Crippen LogP contribution in [0.1, 0.15) is 26.2 Å². The van der Waals surface area contributed by atoms with Crippen LogP contribution in [0.4, 0.5) is 13.2 Å². The predicted octanol–water partition coefficient (Wildman–Crippen LogP) is 1.41. The quantitative estimate of drug-likeness (QED) is 0.795. The first kappa shape index (κ1) is 11.8. The highest BCUT2D eigenvalue weighted by molar-refractivity contribution is 7.89. The molecule has 1 fully saturated rings. The van der Waals surface area contributed by atoms with Crippen molar-refractivity contribution in [1.82, 2.24) is 4.72 Å². The summed E-state index contributed by atoms with van der Waals surface area (Å²) in [6, 6.07) is 0. The number of rotatable bonds is 4. The maximum Gasteiger partial charge on any atom is 0.407 e. The molecule has 14 heavy (non-hydrogen) atoms. The summed E-state index contributed by atoms with van der Waals surface area (Å²) in [6.07, 6.45) is -4.48. The molecular weight excluding hydrogens is 219 g/mol. The normalized spacial score (nSPS) is 20.9. The molecule has 0 aromatic carbocycles. The Hall–Kier alpha value is -0.300. The summed E-state index contributed by atoms with van der Waals surface area (Å²) in [7, 11) is -3.78. The molecule has 0 aliphatic heterocycles. The van der Waals surface area contributed by atoms with Crippen LogP contribution < -0.4 is 4.72 Å². The lowest BCUT2D eigenvalue weighted by atomic mass is 10.3. The largest absolute Gasteiger partial charge is 0.407 e. The smallest absolute Gasteiger partial charge is 0.212 e. The van der Waals surface area contributed by atoms with Crippen LogP contribution in [0.25, 0.3) is 0 Å². The first-order chi connectivity index (χ1) is 6.22. The Morgan fingerprint density at radius 3 is 2.14 bits per heavy atom. The molecule has 1 aliphatic carbocycles. The van der Waals surface area contributed by atoms with Crippen LogP contribution >= 0.6 is 0 Å². The van der Waals surface area contributed by atoms with Crippen LogP contribution in [0.15, 0.2) is 0 Å². The van der Waals surface area contributed by atoms with E-state index in [1.807, 2.05) is 0 Å². The number of alkyl halides is 3. The molecule has 84 valence electrons. The van der Waals surface area contributed by atoms with Gasteiger partial charge in [-0.1, -0.05) is 6.92 Å². The van der Waals surface area contributed by atoms with Gasteiger partial charge in [0.2, 0.25) is 10.0 Å². The minimum absolute atomic E-state index is 0.153. The molecule has 7 heteroatoms. The predicted molar refractivity (Wildman–Crippen MR) is 45.2 cm³/mol. The Balaban J connectivity index is 2.70. The van der Waals surface area contributed by atoms with Crippen molar-refractivity contribution < 1.29 is 21.6 Å². The molecule has 1 saturated carbocycles. The van der Waals surface area contributed by atoms with Gasteiger partial charge in [-0.05, 0) is 19.3 Å². The topological polar surface area (TPSA) is 46.2 Å². The molecule has 1 N–H and O–H groups in total. The lowest BCUT2D eigenvalue weighted by Gasteiger charge is -2.20. The number of halogens is 3. The van der Waals surface area contributed by atoms with Crippen molar-refractivity contribution in [3.8, 4) is 0 Å². The highest BCUT2D eigenvalue weighted by Gasteiger charge is 2.64. The summed E-state index contributed by atoms with van der Waals surface area (Å²) in [4.78, 5) is 0. The molecule has 3 nitrogen and oxygen atoms in total. The van der Waals surface area contributed by atoms with E-state index in [0.717, 1.165) is 0 Å². The third kappa shape index (κ3) is 2.38. The Morgan fingerprint density at radius 1 is 1.36 bits per heavy atom. The third-order valence-electron chi connectivity index (χ3n) is 2.12. The second-order valence-electron chi connectivity index (χ2n) is 3.50. The summed E-state index contributed by atoms with van der Waals surface area (Å²) in [5.41, 5.74) is -2.17. The van der Waals surface area contributed by atoms with E-state index in [2.05, 4.69) is 0 Å². The first-order valence-electron chi connectivity index (χ1n) is 4.31. The molecule has 0 aromatic rings. The Morgan fingerprint density at radius 2 is 1.86 bits per heavy atom. The summed E-state index contributed by atoms with van der Waals surface area (Å²) in [6.45, 7) is 1.60. The van der Waals surface area contributed by atoms with Crippen molar-refractivity contribution in [2.24, 2.45) is 0 Å². The van der Waals surface area contributed by atoms with E-state index in [1.165, 1.54) is 0 Å². The second kappa shape index (κ2) is 3.37. The van der Waals surface area contributed by atoms with E-state index < -0.39 is 21.7 Å². The van der Waals surface area contributed by atoms with Crippen molar-refractivity contribution in [1.29, 1.82) is 0 Å². The van der Waals surface area contributed by atoms with E-state index in [0.29, 0.717) is 6.42 Å². The van der Waals surface area contributed by atoms with Gasteiger partial charge in [0.25, 0.3) is 0 Å². The number of nitrogens with one attached hydrogen (secondary N) is 1. The highest BCUT2D eigenvalue weighted by Crippen LogP contribution is 2.49. The minimum Gasteiger partial charge on any atom is -0.212 e. The first-order valence-corrected chi connectivity index (χ1v) is 5.96. The average molecular weight is 231 g/mol. The zero-order chi connectivity index (χ0) is 11.0. The van der Waals surface area contributed by atoms with Crippen LogP contribution in [-0.2, 0) is 10.0 Å². The standard InChI is InChI=1S/C7H12F3NO2S/c1-2-5-14(12,13)11-6(3-4-6)7(8,9)10/h11H,2-5H2,1H3. The van der Waals surface area contributed by atoms with E-state index in [-0.39, 0.29) is 18.6 Å². The fourth-order valence-corrected chi connectivity index (χ4v) is 2.74. The fraction of sp³-hybridized carbons (Fsp3) is 1.00. The van der Waals surface area contributed by atoms with Crippen LogP contribution in [0, 0.1) is 0 Å². The lowest BCUT2D eigenvalue weighted by molar-refractivity contribution is -0.160. The summed E-state index contributed by atoms with van der Waals surface area (Å²) in [5, 5.41) is 0. The van der Waals surface area contributed by atoms with Gasteiger partial charge in [-0.2, -0.15) is 17.9 Å². The molecule has 0 aromatic heterocycles.